The van der Waals surface area contributed by atoms with Crippen LogP contribution < -0.4 is 0 Å². The van der Waals surface area contributed by atoms with Gasteiger partial charge in [0.2, 0.25) is 0 Å². The van der Waals surface area contributed by atoms with Crippen LogP contribution in [0, 0.1) is 23.7 Å². The second-order valence-corrected chi connectivity index (χ2v) is 13.2. The SMILES string of the molecule is c1ccc(-c2cccc(C3CCC4C(C3)OC3CCC5CCCC6C7CCCCC7N4C3C56)c2)cc1. The van der Waals surface area contributed by atoms with Gasteiger partial charge in [0, 0.05) is 18.1 Å². The number of ether oxygens (including phenoxy) is 1. The van der Waals surface area contributed by atoms with Crippen molar-refractivity contribution in [2.24, 2.45) is 23.7 Å². The summed E-state index contributed by atoms with van der Waals surface area (Å²) in [6.07, 6.45) is 18.0. The molecule has 10 atom stereocenters. The molecule has 0 radical (unpaired) electrons. The molecule has 4 saturated carbocycles. The van der Waals surface area contributed by atoms with Crippen molar-refractivity contribution in [3.63, 3.8) is 0 Å². The lowest BCUT2D eigenvalue weighted by Crippen LogP contribution is -2.74. The first kappa shape index (κ1) is 22.4. The fourth-order valence-corrected chi connectivity index (χ4v) is 10.5. The molecular formula is C34H43NO. The highest BCUT2D eigenvalue weighted by Crippen LogP contribution is 2.59. The second kappa shape index (κ2) is 8.98. The highest BCUT2D eigenvalue weighted by molar-refractivity contribution is 5.64. The van der Waals surface area contributed by atoms with Crippen LogP contribution in [-0.4, -0.2) is 35.2 Å². The van der Waals surface area contributed by atoms with E-state index in [4.69, 9.17) is 4.74 Å². The van der Waals surface area contributed by atoms with Gasteiger partial charge in [0.15, 0.2) is 0 Å². The van der Waals surface area contributed by atoms with Crippen molar-refractivity contribution in [2.75, 3.05) is 0 Å². The summed E-state index contributed by atoms with van der Waals surface area (Å²) in [5.74, 6) is 4.57. The average molecular weight is 482 g/mol. The number of rotatable bonds is 2. The Morgan fingerprint density at radius 1 is 0.639 bits per heavy atom. The van der Waals surface area contributed by atoms with Gasteiger partial charge in [-0.3, -0.25) is 4.90 Å². The van der Waals surface area contributed by atoms with Crippen molar-refractivity contribution in [3.8, 4) is 11.1 Å². The van der Waals surface area contributed by atoms with Crippen LogP contribution in [0.25, 0.3) is 11.1 Å². The Labute approximate surface area is 217 Å². The molecule has 2 aliphatic heterocycles. The molecule has 2 heteroatoms. The van der Waals surface area contributed by atoms with Crippen molar-refractivity contribution in [1.82, 2.24) is 4.90 Å². The van der Waals surface area contributed by atoms with E-state index in [0.717, 1.165) is 35.8 Å². The summed E-state index contributed by atoms with van der Waals surface area (Å²) in [5.41, 5.74) is 4.23. The van der Waals surface area contributed by atoms with Crippen LogP contribution in [-0.2, 0) is 4.74 Å². The van der Waals surface area contributed by atoms with Crippen LogP contribution in [0.5, 0.6) is 0 Å². The van der Waals surface area contributed by atoms with E-state index in [0.29, 0.717) is 24.2 Å². The normalized spacial score (nSPS) is 43.7. The lowest BCUT2D eigenvalue weighted by Gasteiger charge is -2.68. The molecule has 2 aromatic rings. The van der Waals surface area contributed by atoms with Crippen molar-refractivity contribution in [2.45, 2.75) is 113 Å². The van der Waals surface area contributed by atoms with E-state index in [-0.39, 0.29) is 0 Å². The maximum Gasteiger partial charge on any atom is 0.0740 e. The second-order valence-electron chi connectivity index (χ2n) is 13.2. The minimum atomic E-state index is 0.435. The summed E-state index contributed by atoms with van der Waals surface area (Å²) in [6, 6.07) is 22.6. The Morgan fingerprint density at radius 2 is 1.50 bits per heavy atom. The maximum absolute atomic E-state index is 7.20. The van der Waals surface area contributed by atoms with Gasteiger partial charge in [-0.25, -0.2) is 0 Å². The lowest BCUT2D eigenvalue weighted by atomic mass is 9.53. The first-order chi connectivity index (χ1) is 17.8. The average Bonchev–Trinajstić information content (AvgIpc) is 2.96. The van der Waals surface area contributed by atoms with Gasteiger partial charge in [-0.05, 0) is 97.6 Å². The van der Waals surface area contributed by atoms with Crippen LogP contribution in [0.15, 0.2) is 54.6 Å². The zero-order chi connectivity index (χ0) is 23.6. The molecule has 2 aromatic carbocycles. The number of piperidine rings is 1. The first-order valence-corrected chi connectivity index (χ1v) is 15.4. The van der Waals surface area contributed by atoms with E-state index in [1.54, 1.807) is 0 Å². The zero-order valence-electron chi connectivity index (χ0n) is 21.8. The molecule has 10 unspecified atom stereocenters. The highest BCUT2D eigenvalue weighted by Gasteiger charge is 2.61. The lowest BCUT2D eigenvalue weighted by molar-refractivity contribution is -0.253. The molecule has 0 aromatic heterocycles. The van der Waals surface area contributed by atoms with Gasteiger partial charge in [0.25, 0.3) is 0 Å². The fourth-order valence-electron chi connectivity index (χ4n) is 10.5. The molecule has 2 nitrogen and oxygen atoms in total. The van der Waals surface area contributed by atoms with Crippen LogP contribution in [0.2, 0.25) is 0 Å². The third-order valence-corrected chi connectivity index (χ3v) is 11.8. The molecule has 0 spiro atoms. The van der Waals surface area contributed by atoms with Gasteiger partial charge < -0.3 is 4.74 Å². The van der Waals surface area contributed by atoms with E-state index in [9.17, 15) is 0 Å². The Hall–Kier alpha value is -1.64. The van der Waals surface area contributed by atoms with Crippen molar-refractivity contribution in [3.05, 3.63) is 60.2 Å². The third-order valence-electron chi connectivity index (χ3n) is 11.8. The van der Waals surface area contributed by atoms with Gasteiger partial charge in [0.1, 0.15) is 0 Å². The largest absolute Gasteiger partial charge is 0.372 e. The van der Waals surface area contributed by atoms with Gasteiger partial charge >= 0.3 is 0 Å². The summed E-state index contributed by atoms with van der Waals surface area (Å²) in [4.78, 5) is 3.19. The third kappa shape index (κ3) is 3.50. The van der Waals surface area contributed by atoms with Gasteiger partial charge in [-0.2, -0.15) is 0 Å². The van der Waals surface area contributed by atoms with E-state index in [1.807, 2.05) is 0 Å². The number of hydrogen-bond donors (Lipinski definition) is 0. The van der Waals surface area contributed by atoms with Crippen LogP contribution in [0.1, 0.15) is 88.5 Å². The number of hydrogen-bond acceptors (Lipinski definition) is 2. The number of benzene rings is 2. The Morgan fingerprint density at radius 3 is 2.44 bits per heavy atom. The van der Waals surface area contributed by atoms with E-state index < -0.39 is 0 Å². The molecule has 6 fully saturated rings. The summed E-state index contributed by atoms with van der Waals surface area (Å²) in [5, 5.41) is 0. The minimum absolute atomic E-state index is 0.435. The molecular weight excluding hydrogens is 438 g/mol. The summed E-state index contributed by atoms with van der Waals surface area (Å²) in [7, 11) is 0. The Kier molecular flexibility index (Phi) is 5.58. The van der Waals surface area contributed by atoms with Gasteiger partial charge in [0.05, 0.1) is 12.2 Å². The van der Waals surface area contributed by atoms with Crippen molar-refractivity contribution in [1.29, 1.82) is 0 Å². The molecule has 0 amide bonds. The maximum atomic E-state index is 7.20. The topological polar surface area (TPSA) is 12.5 Å². The zero-order valence-corrected chi connectivity index (χ0v) is 21.8. The van der Waals surface area contributed by atoms with Crippen LogP contribution >= 0.6 is 0 Å². The molecule has 2 heterocycles. The van der Waals surface area contributed by atoms with E-state index in [1.165, 1.54) is 93.7 Å². The first-order valence-electron chi connectivity index (χ1n) is 15.4. The van der Waals surface area contributed by atoms with Gasteiger partial charge in [-0.15, -0.1) is 0 Å². The van der Waals surface area contributed by atoms with E-state index >= 15 is 0 Å². The number of fused-ring (bicyclic) bond motifs is 5. The predicted octanol–water partition coefficient (Wildman–Crippen LogP) is 7.83. The summed E-state index contributed by atoms with van der Waals surface area (Å²) in [6.45, 7) is 0. The summed E-state index contributed by atoms with van der Waals surface area (Å²) >= 11 is 0. The molecule has 0 bridgehead atoms. The highest BCUT2D eigenvalue weighted by atomic mass is 16.5. The van der Waals surface area contributed by atoms with Gasteiger partial charge in [-0.1, -0.05) is 80.3 Å². The molecule has 2 saturated heterocycles. The minimum Gasteiger partial charge on any atom is -0.372 e. The molecule has 0 N–H and O–H groups in total. The molecule has 8 rings (SSSR count). The predicted molar refractivity (Wildman–Crippen MR) is 146 cm³/mol. The van der Waals surface area contributed by atoms with E-state index in [2.05, 4.69) is 59.5 Å². The number of nitrogens with zero attached hydrogens (tertiary/aromatic N) is 1. The number of morpholine rings is 1. The fraction of sp³-hybridized carbons (Fsp3) is 0.647. The smallest absolute Gasteiger partial charge is 0.0740 e. The van der Waals surface area contributed by atoms with Crippen LogP contribution in [0.4, 0.5) is 0 Å². The van der Waals surface area contributed by atoms with Crippen molar-refractivity contribution >= 4 is 0 Å². The Balaban J connectivity index is 1.09. The molecule has 190 valence electrons. The van der Waals surface area contributed by atoms with Crippen LogP contribution in [0.3, 0.4) is 0 Å². The quantitative estimate of drug-likeness (QED) is 0.433. The monoisotopic (exact) mass is 481 g/mol. The molecule has 6 aliphatic rings. The standard InChI is InChI=1S/C34H43NO/c1-2-8-22(9-3-1)24-11-6-12-25(20-24)26-16-18-30-32(21-26)36-31-19-17-23-10-7-14-28-27-13-4-5-15-29(27)35(30)34(31)33(23)28/h1-3,6,8-9,11-12,20,23,26-34H,4-5,7,10,13-19,21H2. The molecule has 4 aliphatic carbocycles. The summed E-state index contributed by atoms with van der Waals surface area (Å²) < 4.78 is 7.20. The Bertz CT molecular complexity index is 1080. The van der Waals surface area contributed by atoms with Crippen molar-refractivity contribution < 1.29 is 4.74 Å². The molecule has 36 heavy (non-hydrogen) atoms.